The van der Waals surface area contributed by atoms with E-state index in [9.17, 15) is 5.11 Å². The monoisotopic (exact) mass is 358 g/mol. The van der Waals surface area contributed by atoms with Gasteiger partial charge in [-0.15, -0.1) is 0 Å². The Bertz CT molecular complexity index is 538. The summed E-state index contributed by atoms with van der Waals surface area (Å²) in [4.78, 5) is 0. The lowest BCUT2D eigenvalue weighted by Crippen LogP contribution is -2.28. The Kier molecular flexibility index (Phi) is 9.73. The highest BCUT2D eigenvalue weighted by Gasteiger charge is 2.31. The van der Waals surface area contributed by atoms with E-state index in [1.54, 1.807) is 0 Å². The molecule has 0 aliphatic heterocycles. The Morgan fingerprint density at radius 3 is 2.42 bits per heavy atom. The van der Waals surface area contributed by atoms with E-state index in [1.165, 1.54) is 36.8 Å². The summed E-state index contributed by atoms with van der Waals surface area (Å²) < 4.78 is 0. The molecule has 0 aromatic rings. The van der Waals surface area contributed by atoms with E-state index in [0.29, 0.717) is 0 Å². The molecule has 0 bridgehead atoms. The molecule has 2 unspecified atom stereocenters. The highest BCUT2D eigenvalue weighted by Crippen LogP contribution is 2.39. The molecule has 1 aliphatic rings. The third-order valence-electron chi connectivity index (χ3n) is 5.51. The summed E-state index contributed by atoms with van der Waals surface area (Å²) in [5.41, 5.74) is 2.48. The van der Waals surface area contributed by atoms with Gasteiger partial charge in [0.05, 0.1) is 6.10 Å². The van der Waals surface area contributed by atoms with E-state index in [1.807, 2.05) is 0 Å². The maximum Gasteiger partial charge on any atom is 0.0586 e. The number of unbranched alkanes of at least 4 members (excludes halogenated alkanes) is 1. The Balaban J connectivity index is 2.47. The molecule has 0 saturated heterocycles. The second-order valence-electron chi connectivity index (χ2n) is 9.61. The molecule has 0 radical (unpaired) electrons. The molecule has 0 fully saturated rings. The molecule has 3 atom stereocenters. The van der Waals surface area contributed by atoms with Gasteiger partial charge in [-0.3, -0.25) is 0 Å². The van der Waals surface area contributed by atoms with Crippen LogP contribution in [0, 0.1) is 35.0 Å². The fourth-order valence-electron chi connectivity index (χ4n) is 3.98. The zero-order valence-corrected chi connectivity index (χ0v) is 18.4. The Hall–Kier alpha value is -1.00. The van der Waals surface area contributed by atoms with Crippen molar-refractivity contribution in [2.24, 2.45) is 23.2 Å². The van der Waals surface area contributed by atoms with Crippen LogP contribution in [0.3, 0.4) is 0 Å². The van der Waals surface area contributed by atoms with Crippen LogP contribution in [0.2, 0.25) is 0 Å². The molecule has 1 nitrogen and oxygen atoms in total. The molecule has 148 valence electrons. The summed E-state index contributed by atoms with van der Waals surface area (Å²) in [6, 6.07) is 0. The van der Waals surface area contributed by atoms with E-state index >= 15 is 0 Å². The summed E-state index contributed by atoms with van der Waals surface area (Å²) in [5.74, 6) is 8.74. The fraction of sp³-hybridized carbons (Fsp3) is 0.760. The van der Waals surface area contributed by atoms with Gasteiger partial charge in [0.15, 0.2) is 0 Å². The van der Waals surface area contributed by atoms with Crippen LogP contribution in [-0.4, -0.2) is 11.2 Å². The third kappa shape index (κ3) is 8.59. The van der Waals surface area contributed by atoms with E-state index in [0.717, 1.165) is 31.1 Å². The van der Waals surface area contributed by atoms with Crippen molar-refractivity contribution in [3.63, 3.8) is 0 Å². The second-order valence-corrected chi connectivity index (χ2v) is 9.61. The maximum atomic E-state index is 9.99. The van der Waals surface area contributed by atoms with Crippen LogP contribution < -0.4 is 0 Å². The minimum absolute atomic E-state index is 0.0112. The molecule has 0 heterocycles. The molecule has 1 aliphatic carbocycles. The lowest BCUT2D eigenvalue weighted by molar-refractivity contribution is 0.117. The Labute approximate surface area is 163 Å². The lowest BCUT2D eigenvalue weighted by Gasteiger charge is -2.34. The SMILES string of the molecule is CC1=C(C#CC(C)/C=C/CC(C)CCCCC(C)C)C(C)(C)C[C@H](O)C1. The molecule has 26 heavy (non-hydrogen) atoms. The predicted molar refractivity (Wildman–Crippen MR) is 115 cm³/mol. The highest BCUT2D eigenvalue weighted by atomic mass is 16.3. The van der Waals surface area contributed by atoms with Crippen molar-refractivity contribution >= 4 is 0 Å². The summed E-state index contributed by atoms with van der Waals surface area (Å²) in [7, 11) is 0. The Morgan fingerprint density at radius 1 is 1.15 bits per heavy atom. The van der Waals surface area contributed by atoms with Crippen LogP contribution in [0.5, 0.6) is 0 Å². The smallest absolute Gasteiger partial charge is 0.0586 e. The number of hydrogen-bond donors (Lipinski definition) is 1. The quantitative estimate of drug-likeness (QED) is 0.283. The van der Waals surface area contributed by atoms with E-state index < -0.39 is 0 Å². The zero-order valence-electron chi connectivity index (χ0n) is 18.4. The van der Waals surface area contributed by atoms with E-state index in [-0.39, 0.29) is 17.4 Å². The Morgan fingerprint density at radius 2 is 1.81 bits per heavy atom. The van der Waals surface area contributed by atoms with Gasteiger partial charge < -0.3 is 5.11 Å². The molecule has 0 spiro atoms. The summed E-state index contributed by atoms with van der Waals surface area (Å²) in [5, 5.41) is 9.99. The average molecular weight is 359 g/mol. The molecule has 1 rings (SSSR count). The van der Waals surface area contributed by atoms with E-state index in [2.05, 4.69) is 72.5 Å². The van der Waals surface area contributed by atoms with Gasteiger partial charge in [0.25, 0.3) is 0 Å². The van der Waals surface area contributed by atoms with Crippen molar-refractivity contribution in [3.8, 4) is 11.8 Å². The van der Waals surface area contributed by atoms with Crippen LogP contribution in [0.15, 0.2) is 23.3 Å². The van der Waals surface area contributed by atoms with Gasteiger partial charge in [-0.05, 0) is 44.9 Å². The molecule has 0 saturated carbocycles. The molecule has 1 N–H and O–H groups in total. The van der Waals surface area contributed by atoms with Crippen molar-refractivity contribution in [3.05, 3.63) is 23.3 Å². The summed E-state index contributed by atoms with van der Waals surface area (Å²) in [6.07, 6.45) is 12.5. The fourth-order valence-corrected chi connectivity index (χ4v) is 3.98. The number of allylic oxidation sites excluding steroid dienone is 3. The van der Waals surface area contributed by atoms with E-state index in [4.69, 9.17) is 0 Å². The number of aliphatic hydroxyl groups is 1. The molecule has 1 heteroatoms. The van der Waals surface area contributed by atoms with Gasteiger partial charge in [-0.1, -0.05) is 89.9 Å². The maximum absolute atomic E-state index is 9.99. The van der Waals surface area contributed by atoms with Gasteiger partial charge in [0.2, 0.25) is 0 Å². The van der Waals surface area contributed by atoms with Crippen molar-refractivity contribution < 1.29 is 5.11 Å². The first-order chi connectivity index (χ1) is 12.1. The van der Waals surface area contributed by atoms with Gasteiger partial charge in [-0.25, -0.2) is 0 Å². The predicted octanol–water partition coefficient (Wildman–Crippen LogP) is 6.92. The van der Waals surface area contributed by atoms with Crippen LogP contribution in [0.1, 0.15) is 93.4 Å². The van der Waals surface area contributed by atoms with Gasteiger partial charge in [0.1, 0.15) is 0 Å². The van der Waals surface area contributed by atoms with Crippen molar-refractivity contribution in [2.45, 2.75) is 99.5 Å². The summed E-state index contributed by atoms with van der Waals surface area (Å²) >= 11 is 0. The first kappa shape index (κ1) is 23.0. The molecule has 0 aromatic heterocycles. The third-order valence-corrected chi connectivity index (χ3v) is 5.51. The van der Waals surface area contributed by atoms with Crippen LogP contribution in [-0.2, 0) is 0 Å². The van der Waals surface area contributed by atoms with Crippen molar-refractivity contribution in [2.75, 3.05) is 0 Å². The molecule has 0 aromatic carbocycles. The first-order valence-electron chi connectivity index (χ1n) is 10.7. The van der Waals surface area contributed by atoms with Crippen molar-refractivity contribution in [1.82, 2.24) is 0 Å². The lowest BCUT2D eigenvalue weighted by atomic mass is 9.72. The largest absolute Gasteiger partial charge is 0.393 e. The minimum atomic E-state index is -0.213. The molecular weight excluding hydrogens is 316 g/mol. The van der Waals surface area contributed by atoms with Gasteiger partial charge in [-0.2, -0.15) is 0 Å². The van der Waals surface area contributed by atoms with Crippen LogP contribution >= 0.6 is 0 Å². The normalized spacial score (nSPS) is 22.4. The molecule has 0 amide bonds. The zero-order chi connectivity index (χ0) is 19.7. The van der Waals surface area contributed by atoms with Gasteiger partial charge in [0, 0.05) is 16.9 Å². The second kappa shape index (κ2) is 11.0. The molecular formula is C25H42O. The highest BCUT2D eigenvalue weighted by molar-refractivity contribution is 5.40. The number of hydrogen-bond acceptors (Lipinski definition) is 1. The first-order valence-corrected chi connectivity index (χ1v) is 10.7. The van der Waals surface area contributed by atoms with Crippen molar-refractivity contribution in [1.29, 1.82) is 0 Å². The summed E-state index contributed by atoms with van der Waals surface area (Å²) in [6.45, 7) is 15.7. The topological polar surface area (TPSA) is 20.2 Å². The van der Waals surface area contributed by atoms with Crippen LogP contribution in [0.4, 0.5) is 0 Å². The number of rotatable bonds is 8. The number of aliphatic hydroxyl groups excluding tert-OH is 1. The standard InChI is InChI=1S/C25H42O/c1-19(2)11-8-9-12-20(3)13-10-14-21(4)15-16-24-22(5)17-23(26)18-25(24,6)7/h10,14,19-21,23,26H,8-9,11-13,17-18H2,1-7H3/b14-10+/t20?,21?,23-/m1/s1. The minimum Gasteiger partial charge on any atom is -0.393 e. The average Bonchev–Trinajstić information content (AvgIpc) is 2.49. The van der Waals surface area contributed by atoms with Crippen LogP contribution in [0.25, 0.3) is 0 Å². The van der Waals surface area contributed by atoms with Gasteiger partial charge >= 0.3 is 0 Å².